The minimum absolute atomic E-state index is 0.144. The van der Waals surface area contributed by atoms with Crippen LogP contribution in [0.4, 0.5) is 0 Å². The van der Waals surface area contributed by atoms with Gasteiger partial charge in [0.25, 0.3) is 5.91 Å². The molecule has 3 rings (SSSR count). The number of aromatic nitrogens is 2. The first-order chi connectivity index (χ1) is 14.8. The zero-order chi connectivity index (χ0) is 22.5. The van der Waals surface area contributed by atoms with Crippen molar-refractivity contribution >= 4 is 17.7 Å². The van der Waals surface area contributed by atoms with E-state index in [1.54, 1.807) is 63.0 Å². The summed E-state index contributed by atoms with van der Waals surface area (Å²) in [6.07, 6.45) is 4.69. The summed E-state index contributed by atoms with van der Waals surface area (Å²) in [7, 11) is 1.72. The number of ether oxygens (including phenoxy) is 1. The second kappa shape index (κ2) is 9.42. The molecule has 8 heteroatoms. The molecule has 0 N–H and O–H groups in total. The highest BCUT2D eigenvalue weighted by Gasteiger charge is 2.28. The number of ketones is 1. The van der Waals surface area contributed by atoms with E-state index in [4.69, 9.17) is 9.15 Å². The van der Waals surface area contributed by atoms with Gasteiger partial charge in [-0.25, -0.2) is 4.79 Å². The predicted octanol–water partition coefficient (Wildman–Crippen LogP) is 3.33. The molecule has 1 amide bonds. The van der Waals surface area contributed by atoms with Crippen LogP contribution in [0.15, 0.2) is 47.3 Å². The Kier molecular flexibility index (Phi) is 6.69. The van der Waals surface area contributed by atoms with Crippen LogP contribution in [0.3, 0.4) is 0 Å². The summed E-state index contributed by atoms with van der Waals surface area (Å²) in [6, 6.07) is 6.77. The molecule has 0 radical (unpaired) electrons. The number of carbonyl (C=O) groups excluding carboxylic acids is 3. The van der Waals surface area contributed by atoms with Crippen LogP contribution >= 0.6 is 0 Å². The van der Waals surface area contributed by atoms with Gasteiger partial charge in [-0.15, -0.1) is 0 Å². The van der Waals surface area contributed by atoms with Gasteiger partial charge in [-0.05, 0) is 50.1 Å². The van der Waals surface area contributed by atoms with Crippen molar-refractivity contribution in [2.24, 2.45) is 7.05 Å². The third-order valence-electron chi connectivity index (χ3n) is 5.13. The summed E-state index contributed by atoms with van der Waals surface area (Å²) >= 11 is 0. The van der Waals surface area contributed by atoms with Crippen molar-refractivity contribution in [2.75, 3.05) is 13.2 Å². The van der Waals surface area contributed by atoms with Gasteiger partial charge in [0.1, 0.15) is 5.69 Å². The Morgan fingerprint density at radius 1 is 1.19 bits per heavy atom. The zero-order valence-corrected chi connectivity index (χ0v) is 18.0. The van der Waals surface area contributed by atoms with E-state index < -0.39 is 11.9 Å². The van der Waals surface area contributed by atoms with E-state index in [0.717, 1.165) is 5.56 Å². The monoisotopic (exact) mass is 423 g/mol. The maximum absolute atomic E-state index is 13.3. The number of furan rings is 1. The van der Waals surface area contributed by atoms with Crippen molar-refractivity contribution in [1.82, 2.24) is 14.5 Å². The molecule has 0 aliphatic carbocycles. The Morgan fingerprint density at radius 3 is 2.58 bits per heavy atom. The first-order valence-corrected chi connectivity index (χ1v) is 9.93. The van der Waals surface area contributed by atoms with Crippen LogP contribution in [0, 0.1) is 13.8 Å². The lowest BCUT2D eigenvalue weighted by molar-refractivity contribution is 0.0514. The number of Topliss-reactive ketones (excluding diaryl/α,β-unsaturated/α-hetero) is 1. The van der Waals surface area contributed by atoms with Gasteiger partial charge < -0.3 is 18.6 Å². The number of hydrogen-bond acceptors (Lipinski definition) is 6. The second-order valence-corrected chi connectivity index (χ2v) is 7.14. The third-order valence-corrected chi connectivity index (χ3v) is 5.13. The molecule has 3 aromatic heterocycles. The summed E-state index contributed by atoms with van der Waals surface area (Å²) in [5.74, 6) is -1.02. The molecule has 0 saturated carbocycles. The van der Waals surface area contributed by atoms with E-state index in [1.807, 2.05) is 6.07 Å². The van der Waals surface area contributed by atoms with E-state index in [1.165, 1.54) is 11.2 Å². The van der Waals surface area contributed by atoms with E-state index in [-0.39, 0.29) is 31.2 Å². The minimum Gasteiger partial charge on any atom is -0.461 e. The summed E-state index contributed by atoms with van der Waals surface area (Å²) in [5, 5.41) is 0. The average Bonchev–Trinajstić information content (AvgIpc) is 3.35. The summed E-state index contributed by atoms with van der Waals surface area (Å²) in [5.41, 5.74) is 2.70. The number of hydrogen-bond donors (Lipinski definition) is 0. The van der Waals surface area contributed by atoms with Crippen LogP contribution in [0.5, 0.6) is 0 Å². The molecule has 0 bridgehead atoms. The molecule has 162 valence electrons. The molecular formula is C23H25N3O5. The normalized spacial score (nSPS) is 10.7. The molecule has 0 saturated heterocycles. The molecule has 0 unspecified atom stereocenters. The minimum atomic E-state index is -0.483. The third kappa shape index (κ3) is 4.58. The number of amides is 1. The lowest BCUT2D eigenvalue weighted by atomic mass is 10.0. The van der Waals surface area contributed by atoms with Gasteiger partial charge in [0.15, 0.2) is 11.5 Å². The summed E-state index contributed by atoms with van der Waals surface area (Å²) in [6.45, 7) is 5.46. The lowest BCUT2D eigenvalue weighted by Gasteiger charge is -2.21. The molecule has 0 aliphatic heterocycles. The Labute approximate surface area is 180 Å². The molecule has 3 heterocycles. The summed E-state index contributed by atoms with van der Waals surface area (Å²) in [4.78, 5) is 44.1. The molecule has 3 aromatic rings. The van der Waals surface area contributed by atoms with Gasteiger partial charge >= 0.3 is 5.97 Å². The highest BCUT2D eigenvalue weighted by atomic mass is 16.5. The van der Waals surface area contributed by atoms with Crippen molar-refractivity contribution in [3.8, 4) is 0 Å². The fourth-order valence-electron chi connectivity index (χ4n) is 3.60. The van der Waals surface area contributed by atoms with E-state index >= 15 is 0 Å². The molecule has 0 fully saturated rings. The standard InChI is InChI=1S/C23H25N3O5/c1-5-30-23(29)21-15(2)20(16(3)25(21)4)18(27)14-26(13-17-8-6-10-24-12-17)22(28)19-9-7-11-31-19/h6-12H,5,13-14H2,1-4H3. The lowest BCUT2D eigenvalue weighted by Crippen LogP contribution is -2.35. The van der Waals surface area contributed by atoms with Crippen LogP contribution in [0.1, 0.15) is 55.1 Å². The zero-order valence-electron chi connectivity index (χ0n) is 18.0. The highest BCUT2D eigenvalue weighted by molar-refractivity contribution is 6.05. The Balaban J connectivity index is 1.93. The number of nitrogens with zero attached hydrogens (tertiary/aromatic N) is 3. The molecule has 0 atom stereocenters. The SMILES string of the molecule is CCOC(=O)c1c(C)c(C(=O)CN(Cc2cccnc2)C(=O)c2ccco2)c(C)n1C. The number of rotatable bonds is 8. The largest absolute Gasteiger partial charge is 0.461 e. The predicted molar refractivity (Wildman–Crippen MR) is 113 cm³/mol. The molecule has 0 aliphatic rings. The van der Waals surface area contributed by atoms with Crippen molar-refractivity contribution in [3.05, 3.63) is 76.8 Å². The topological polar surface area (TPSA) is 94.6 Å². The number of esters is 1. The van der Waals surface area contributed by atoms with Crippen LogP contribution in [0.2, 0.25) is 0 Å². The maximum atomic E-state index is 13.3. The van der Waals surface area contributed by atoms with Crippen molar-refractivity contribution in [1.29, 1.82) is 0 Å². The van der Waals surface area contributed by atoms with Gasteiger partial charge in [0.05, 0.1) is 19.4 Å². The Morgan fingerprint density at radius 2 is 1.97 bits per heavy atom. The summed E-state index contributed by atoms with van der Waals surface area (Å²) < 4.78 is 12.0. The van der Waals surface area contributed by atoms with E-state index in [2.05, 4.69) is 4.98 Å². The quantitative estimate of drug-likeness (QED) is 0.407. The molecular weight excluding hydrogens is 398 g/mol. The molecule has 8 nitrogen and oxygen atoms in total. The van der Waals surface area contributed by atoms with Crippen molar-refractivity contribution in [2.45, 2.75) is 27.3 Å². The van der Waals surface area contributed by atoms with E-state index in [9.17, 15) is 14.4 Å². The van der Waals surface area contributed by atoms with E-state index in [0.29, 0.717) is 22.5 Å². The van der Waals surface area contributed by atoms with Gasteiger partial charge in [-0.3, -0.25) is 14.6 Å². The Bertz CT molecular complexity index is 1080. The highest BCUT2D eigenvalue weighted by Crippen LogP contribution is 2.23. The number of carbonyl (C=O) groups is 3. The fourth-order valence-corrected chi connectivity index (χ4v) is 3.60. The maximum Gasteiger partial charge on any atom is 0.355 e. The second-order valence-electron chi connectivity index (χ2n) is 7.14. The van der Waals surface area contributed by atoms with Crippen LogP contribution in [-0.2, 0) is 18.3 Å². The first kappa shape index (κ1) is 22.0. The molecule has 31 heavy (non-hydrogen) atoms. The average molecular weight is 423 g/mol. The van der Waals surface area contributed by atoms with Gasteiger partial charge in [-0.2, -0.15) is 0 Å². The molecule has 0 aromatic carbocycles. The van der Waals surface area contributed by atoms with Crippen LogP contribution in [-0.4, -0.2) is 45.3 Å². The first-order valence-electron chi connectivity index (χ1n) is 9.93. The smallest absolute Gasteiger partial charge is 0.355 e. The van der Waals surface area contributed by atoms with Crippen molar-refractivity contribution < 1.29 is 23.5 Å². The fraction of sp³-hybridized carbons (Fsp3) is 0.304. The van der Waals surface area contributed by atoms with Crippen LogP contribution < -0.4 is 0 Å². The van der Waals surface area contributed by atoms with Crippen molar-refractivity contribution in [3.63, 3.8) is 0 Å². The Hall–Kier alpha value is -3.68. The van der Waals surface area contributed by atoms with Gasteiger partial charge in [0, 0.05) is 37.2 Å². The van der Waals surface area contributed by atoms with Gasteiger partial charge in [-0.1, -0.05) is 6.07 Å². The molecule has 0 spiro atoms. The van der Waals surface area contributed by atoms with Crippen LogP contribution in [0.25, 0.3) is 0 Å². The van der Waals surface area contributed by atoms with Gasteiger partial charge in [0.2, 0.25) is 0 Å². The number of pyridine rings is 1.